The van der Waals surface area contributed by atoms with E-state index in [4.69, 9.17) is 9.15 Å². The third kappa shape index (κ3) is 5.46. The first-order valence-electron chi connectivity index (χ1n) is 11.8. The van der Waals surface area contributed by atoms with Gasteiger partial charge in [0, 0.05) is 42.2 Å². The van der Waals surface area contributed by atoms with E-state index in [1.807, 2.05) is 42.5 Å². The van der Waals surface area contributed by atoms with Gasteiger partial charge in [-0.1, -0.05) is 31.2 Å². The molecule has 0 saturated carbocycles. The van der Waals surface area contributed by atoms with Gasteiger partial charge in [0.2, 0.25) is 0 Å². The average Bonchev–Trinajstić information content (AvgIpc) is 3.41. The minimum absolute atomic E-state index is 0.188. The molecule has 0 radical (unpaired) electrons. The van der Waals surface area contributed by atoms with Crippen molar-refractivity contribution >= 4 is 16.7 Å². The van der Waals surface area contributed by atoms with Crippen molar-refractivity contribution in [2.24, 2.45) is 0 Å². The molecule has 2 aromatic carbocycles. The van der Waals surface area contributed by atoms with Gasteiger partial charge in [0.05, 0.1) is 31.2 Å². The molecule has 4 rings (SSSR count). The van der Waals surface area contributed by atoms with Gasteiger partial charge in [-0.15, -0.1) is 0 Å². The van der Waals surface area contributed by atoms with E-state index in [-0.39, 0.29) is 11.5 Å². The van der Waals surface area contributed by atoms with Crippen LogP contribution >= 0.6 is 0 Å². The number of furan rings is 1. The number of rotatable bonds is 10. The first kappa shape index (κ1) is 24.3. The number of fused-ring (bicyclic) bond motifs is 1. The van der Waals surface area contributed by atoms with Crippen LogP contribution in [-0.4, -0.2) is 41.6 Å². The van der Waals surface area contributed by atoms with Gasteiger partial charge in [0.25, 0.3) is 11.5 Å². The third-order valence-electron chi connectivity index (χ3n) is 6.34. The Bertz CT molecular complexity index is 1340. The van der Waals surface area contributed by atoms with Crippen LogP contribution in [0.2, 0.25) is 0 Å². The fraction of sp³-hybridized carbons (Fsp3) is 0.286. The van der Waals surface area contributed by atoms with Crippen LogP contribution in [0.25, 0.3) is 16.5 Å². The van der Waals surface area contributed by atoms with Crippen LogP contribution in [0.5, 0.6) is 5.75 Å². The SMILES string of the molecule is CCC(C)N(CCNC(=O)c1cn(-c2cccc(OC)c2)c(=O)c2ccccc12)Cc1ccco1. The maximum Gasteiger partial charge on any atom is 0.262 e. The van der Waals surface area contributed by atoms with E-state index in [0.717, 1.165) is 12.2 Å². The summed E-state index contributed by atoms with van der Waals surface area (Å²) in [5.74, 6) is 1.31. The van der Waals surface area contributed by atoms with Crippen molar-refractivity contribution in [1.82, 2.24) is 14.8 Å². The highest BCUT2D eigenvalue weighted by atomic mass is 16.5. The fourth-order valence-electron chi connectivity index (χ4n) is 4.15. The Kier molecular flexibility index (Phi) is 7.67. The molecule has 1 unspecified atom stereocenters. The van der Waals surface area contributed by atoms with Crippen LogP contribution < -0.4 is 15.6 Å². The molecule has 2 heterocycles. The molecule has 0 bridgehead atoms. The summed E-state index contributed by atoms with van der Waals surface area (Å²) in [5.41, 5.74) is 0.895. The number of amides is 1. The summed E-state index contributed by atoms with van der Waals surface area (Å²) < 4.78 is 12.3. The maximum atomic E-state index is 13.3. The Hall–Kier alpha value is -3.84. The quantitative estimate of drug-likeness (QED) is 0.364. The van der Waals surface area contributed by atoms with Crippen molar-refractivity contribution in [3.63, 3.8) is 0 Å². The van der Waals surface area contributed by atoms with E-state index in [0.29, 0.717) is 53.4 Å². The highest BCUT2D eigenvalue weighted by Crippen LogP contribution is 2.20. The fourth-order valence-corrected chi connectivity index (χ4v) is 4.15. The molecule has 1 amide bonds. The first-order valence-corrected chi connectivity index (χ1v) is 11.8. The normalized spacial score (nSPS) is 12.1. The number of methoxy groups -OCH3 is 1. The van der Waals surface area contributed by atoms with Crippen molar-refractivity contribution in [2.75, 3.05) is 20.2 Å². The molecule has 2 aromatic heterocycles. The van der Waals surface area contributed by atoms with Crippen molar-refractivity contribution in [3.8, 4) is 11.4 Å². The van der Waals surface area contributed by atoms with Gasteiger partial charge in [-0.25, -0.2) is 0 Å². The smallest absolute Gasteiger partial charge is 0.262 e. The summed E-state index contributed by atoms with van der Waals surface area (Å²) in [6, 6.07) is 18.6. The number of aromatic nitrogens is 1. The van der Waals surface area contributed by atoms with Crippen LogP contribution in [0.15, 0.2) is 82.3 Å². The van der Waals surface area contributed by atoms with Crippen molar-refractivity contribution in [3.05, 3.63) is 94.8 Å². The van der Waals surface area contributed by atoms with Gasteiger partial charge in [-0.3, -0.25) is 19.1 Å². The molecule has 0 spiro atoms. The Morgan fingerprint density at radius 3 is 2.63 bits per heavy atom. The highest BCUT2D eigenvalue weighted by molar-refractivity contribution is 6.06. The molecule has 0 saturated heterocycles. The van der Waals surface area contributed by atoms with Gasteiger partial charge in [0.1, 0.15) is 11.5 Å². The van der Waals surface area contributed by atoms with Gasteiger partial charge in [-0.2, -0.15) is 0 Å². The number of hydrogen-bond acceptors (Lipinski definition) is 5. The minimum Gasteiger partial charge on any atom is -0.497 e. The van der Waals surface area contributed by atoms with Gasteiger partial charge in [-0.05, 0) is 43.7 Å². The summed E-state index contributed by atoms with van der Waals surface area (Å²) >= 11 is 0. The number of pyridine rings is 1. The van der Waals surface area contributed by atoms with Crippen LogP contribution in [0.4, 0.5) is 0 Å². The van der Waals surface area contributed by atoms with Crippen LogP contribution in [-0.2, 0) is 6.54 Å². The predicted molar refractivity (Wildman–Crippen MR) is 137 cm³/mol. The lowest BCUT2D eigenvalue weighted by molar-refractivity contribution is 0.0942. The second kappa shape index (κ2) is 11.1. The summed E-state index contributed by atoms with van der Waals surface area (Å²) in [7, 11) is 1.58. The molecular formula is C28H31N3O4. The van der Waals surface area contributed by atoms with E-state index in [1.165, 1.54) is 4.57 Å². The molecule has 0 aliphatic carbocycles. The molecule has 0 aliphatic heterocycles. The molecule has 182 valence electrons. The number of carbonyl (C=O) groups excluding carboxylic acids is 1. The van der Waals surface area contributed by atoms with E-state index in [9.17, 15) is 9.59 Å². The van der Waals surface area contributed by atoms with E-state index in [2.05, 4.69) is 24.1 Å². The first-order chi connectivity index (χ1) is 17.0. The lowest BCUT2D eigenvalue weighted by Gasteiger charge is -2.27. The number of hydrogen-bond donors (Lipinski definition) is 1. The molecule has 1 atom stereocenters. The van der Waals surface area contributed by atoms with Crippen LogP contribution in [0.1, 0.15) is 36.4 Å². The number of ether oxygens (including phenoxy) is 1. The van der Waals surface area contributed by atoms with Crippen molar-refractivity contribution in [1.29, 1.82) is 0 Å². The van der Waals surface area contributed by atoms with Crippen LogP contribution in [0.3, 0.4) is 0 Å². The van der Waals surface area contributed by atoms with Gasteiger partial charge >= 0.3 is 0 Å². The number of nitrogens with zero attached hydrogens (tertiary/aromatic N) is 2. The molecule has 35 heavy (non-hydrogen) atoms. The summed E-state index contributed by atoms with van der Waals surface area (Å²) in [6.07, 6.45) is 4.28. The van der Waals surface area contributed by atoms with Gasteiger partial charge < -0.3 is 14.5 Å². The van der Waals surface area contributed by atoms with E-state index < -0.39 is 0 Å². The standard InChI is InChI=1S/C28H31N3O4/c1-4-20(2)30(18-23-11-8-16-35-23)15-14-29-27(32)26-19-31(21-9-7-10-22(17-21)34-3)28(33)25-13-6-5-12-24(25)26/h5-13,16-17,19-20H,4,14-15,18H2,1-3H3,(H,29,32). The predicted octanol–water partition coefficient (Wildman–Crippen LogP) is 4.62. The topological polar surface area (TPSA) is 76.7 Å². The molecule has 1 N–H and O–H groups in total. The Balaban J connectivity index is 1.59. The lowest BCUT2D eigenvalue weighted by Crippen LogP contribution is -2.39. The molecule has 7 nitrogen and oxygen atoms in total. The monoisotopic (exact) mass is 473 g/mol. The van der Waals surface area contributed by atoms with E-state index >= 15 is 0 Å². The second-order valence-electron chi connectivity index (χ2n) is 8.53. The Morgan fingerprint density at radius 1 is 1.11 bits per heavy atom. The third-order valence-corrected chi connectivity index (χ3v) is 6.34. The molecule has 0 aliphatic rings. The van der Waals surface area contributed by atoms with Crippen molar-refractivity contribution < 1.29 is 13.9 Å². The zero-order valence-corrected chi connectivity index (χ0v) is 20.4. The summed E-state index contributed by atoms with van der Waals surface area (Å²) in [6.45, 7) is 6.14. The van der Waals surface area contributed by atoms with E-state index in [1.54, 1.807) is 37.8 Å². The average molecular weight is 474 g/mol. The Morgan fingerprint density at radius 2 is 1.91 bits per heavy atom. The minimum atomic E-state index is -0.222. The highest BCUT2D eigenvalue weighted by Gasteiger charge is 2.18. The van der Waals surface area contributed by atoms with Gasteiger partial charge in [0.15, 0.2) is 0 Å². The number of nitrogens with one attached hydrogen (secondary N) is 1. The molecule has 7 heteroatoms. The number of carbonyl (C=O) groups is 1. The summed E-state index contributed by atoms with van der Waals surface area (Å²) in [5, 5.41) is 4.17. The second-order valence-corrected chi connectivity index (χ2v) is 8.53. The largest absolute Gasteiger partial charge is 0.497 e. The number of benzene rings is 2. The Labute approximate surface area is 204 Å². The molecular weight excluding hydrogens is 442 g/mol. The molecule has 0 fully saturated rings. The lowest BCUT2D eigenvalue weighted by atomic mass is 10.1. The molecule has 4 aromatic rings. The zero-order chi connectivity index (χ0) is 24.8. The zero-order valence-electron chi connectivity index (χ0n) is 20.4. The maximum absolute atomic E-state index is 13.3. The van der Waals surface area contributed by atoms with Crippen molar-refractivity contribution in [2.45, 2.75) is 32.9 Å². The van der Waals surface area contributed by atoms with Crippen LogP contribution in [0, 0.1) is 0 Å². The summed E-state index contributed by atoms with van der Waals surface area (Å²) in [4.78, 5) is 28.9.